The fourth-order valence-electron chi connectivity index (χ4n) is 1.27. The van der Waals surface area contributed by atoms with Gasteiger partial charge in [-0.2, -0.15) is 0 Å². The van der Waals surface area contributed by atoms with Crippen molar-refractivity contribution in [2.75, 3.05) is 0 Å². The smallest absolute Gasteiger partial charge is 0.0835 e. The fraction of sp³-hybridized carbons (Fsp3) is 0.400. The van der Waals surface area contributed by atoms with Crippen LogP contribution in [0.5, 0.6) is 0 Å². The Labute approximate surface area is 77.4 Å². The first kappa shape index (κ1) is 9.49. The van der Waals surface area contributed by atoms with Crippen molar-refractivity contribution in [3.63, 3.8) is 0 Å². The number of aliphatic hydroxyl groups is 1. The summed E-state index contributed by atoms with van der Waals surface area (Å²) < 4.78 is 0. The maximum absolute atomic E-state index is 9.65. The molecule has 1 unspecified atom stereocenters. The van der Waals surface area contributed by atoms with Gasteiger partial charge in [-0.3, -0.25) is 0 Å². The minimum atomic E-state index is -0.368. The van der Waals surface area contributed by atoms with Crippen molar-refractivity contribution < 1.29 is 5.11 Å². The largest absolute Gasteiger partial charge is 0.388 e. The summed E-state index contributed by atoms with van der Waals surface area (Å²) in [7, 11) is 0. The first-order chi connectivity index (χ1) is 5.65. The highest BCUT2D eigenvalue weighted by molar-refractivity contribution is 7.12. The Morgan fingerprint density at radius 3 is 2.75 bits per heavy atom. The lowest BCUT2D eigenvalue weighted by Crippen LogP contribution is -1.94. The van der Waals surface area contributed by atoms with Crippen molar-refractivity contribution in [2.24, 2.45) is 0 Å². The average Bonchev–Trinajstić information content (AvgIpc) is 2.30. The molecule has 0 aliphatic heterocycles. The van der Waals surface area contributed by atoms with Crippen molar-refractivity contribution in [3.8, 4) is 0 Å². The van der Waals surface area contributed by atoms with Crippen LogP contribution in [-0.4, -0.2) is 5.11 Å². The molecule has 1 aromatic rings. The van der Waals surface area contributed by atoms with Gasteiger partial charge in [0.15, 0.2) is 0 Å². The summed E-state index contributed by atoms with van der Waals surface area (Å²) in [5.41, 5.74) is 1.05. The predicted molar refractivity (Wildman–Crippen MR) is 53.6 cm³/mol. The molecule has 0 amide bonds. The number of aryl methyl sites for hydroxylation is 2. The first-order valence-electron chi connectivity index (χ1n) is 4.01. The molecule has 0 fully saturated rings. The topological polar surface area (TPSA) is 20.2 Å². The highest BCUT2D eigenvalue weighted by Crippen LogP contribution is 2.27. The zero-order chi connectivity index (χ0) is 9.14. The molecule has 1 rings (SSSR count). The molecule has 2 heteroatoms. The van der Waals surface area contributed by atoms with Crippen molar-refractivity contribution in [2.45, 2.75) is 26.4 Å². The third-order valence-electron chi connectivity index (χ3n) is 1.83. The zero-order valence-electron chi connectivity index (χ0n) is 7.50. The number of hydrogen-bond acceptors (Lipinski definition) is 2. The number of thiophene rings is 1. The highest BCUT2D eigenvalue weighted by atomic mass is 32.1. The first-order valence-corrected chi connectivity index (χ1v) is 4.82. The van der Waals surface area contributed by atoms with E-state index >= 15 is 0 Å². The van der Waals surface area contributed by atoms with E-state index in [1.807, 2.05) is 13.0 Å². The van der Waals surface area contributed by atoms with E-state index in [1.54, 1.807) is 17.4 Å². The molecule has 1 aromatic heterocycles. The summed E-state index contributed by atoms with van der Waals surface area (Å²) in [6, 6.07) is 2.05. The van der Waals surface area contributed by atoms with Crippen LogP contribution < -0.4 is 0 Å². The molecule has 12 heavy (non-hydrogen) atoms. The summed E-state index contributed by atoms with van der Waals surface area (Å²) >= 11 is 1.73. The molecule has 0 aromatic carbocycles. The summed E-state index contributed by atoms with van der Waals surface area (Å²) in [6.45, 7) is 7.70. The number of aliphatic hydroxyl groups excluding tert-OH is 1. The SMILES string of the molecule is C=CCC(O)c1cc(C)sc1C. The maximum Gasteiger partial charge on any atom is 0.0835 e. The van der Waals surface area contributed by atoms with Crippen molar-refractivity contribution in [1.29, 1.82) is 0 Å². The van der Waals surface area contributed by atoms with Gasteiger partial charge in [-0.1, -0.05) is 6.08 Å². The van der Waals surface area contributed by atoms with Crippen LogP contribution in [0.15, 0.2) is 18.7 Å². The summed E-state index contributed by atoms with van der Waals surface area (Å²) in [4.78, 5) is 2.47. The van der Waals surface area contributed by atoms with Gasteiger partial charge < -0.3 is 5.11 Å². The van der Waals surface area contributed by atoms with Gasteiger partial charge in [0.1, 0.15) is 0 Å². The van der Waals surface area contributed by atoms with Gasteiger partial charge in [-0.25, -0.2) is 0 Å². The normalized spacial score (nSPS) is 12.9. The highest BCUT2D eigenvalue weighted by Gasteiger charge is 2.10. The van der Waals surface area contributed by atoms with Gasteiger partial charge in [0.2, 0.25) is 0 Å². The molecule has 1 heterocycles. The van der Waals surface area contributed by atoms with Gasteiger partial charge in [0.25, 0.3) is 0 Å². The third-order valence-corrected chi connectivity index (χ3v) is 2.81. The van der Waals surface area contributed by atoms with E-state index in [-0.39, 0.29) is 6.10 Å². The van der Waals surface area contributed by atoms with E-state index in [0.717, 1.165) is 5.56 Å². The van der Waals surface area contributed by atoms with Crippen LogP contribution in [0.2, 0.25) is 0 Å². The minimum Gasteiger partial charge on any atom is -0.388 e. The standard InChI is InChI=1S/C10H14OS/c1-4-5-10(11)9-6-7(2)12-8(9)3/h4,6,10-11H,1,5H2,2-3H3. The Hall–Kier alpha value is -0.600. The monoisotopic (exact) mass is 182 g/mol. The number of rotatable bonds is 3. The molecule has 1 nitrogen and oxygen atoms in total. The van der Waals surface area contributed by atoms with Crippen molar-refractivity contribution in [3.05, 3.63) is 34.0 Å². The molecule has 0 aliphatic carbocycles. The van der Waals surface area contributed by atoms with Crippen molar-refractivity contribution >= 4 is 11.3 Å². The molecular weight excluding hydrogens is 168 g/mol. The van der Waals surface area contributed by atoms with Crippen LogP contribution in [-0.2, 0) is 0 Å². The van der Waals surface area contributed by atoms with E-state index in [1.165, 1.54) is 9.75 Å². The van der Waals surface area contributed by atoms with Crippen LogP contribution in [0.1, 0.15) is 27.8 Å². The molecule has 0 radical (unpaired) electrons. The second kappa shape index (κ2) is 3.87. The molecule has 66 valence electrons. The lowest BCUT2D eigenvalue weighted by Gasteiger charge is -2.06. The molecule has 0 bridgehead atoms. The van der Waals surface area contributed by atoms with Crippen LogP contribution in [0.4, 0.5) is 0 Å². The lowest BCUT2D eigenvalue weighted by molar-refractivity contribution is 0.181. The zero-order valence-corrected chi connectivity index (χ0v) is 8.32. The number of hydrogen-bond donors (Lipinski definition) is 1. The summed E-state index contributed by atoms with van der Waals surface area (Å²) in [5, 5.41) is 9.65. The third kappa shape index (κ3) is 1.96. The van der Waals surface area contributed by atoms with Gasteiger partial charge in [0, 0.05) is 9.75 Å². The fourth-order valence-corrected chi connectivity index (χ4v) is 2.25. The predicted octanol–water partition coefficient (Wildman–Crippen LogP) is 2.97. The molecule has 0 aliphatic rings. The molecule has 0 saturated heterocycles. The Morgan fingerprint density at radius 2 is 2.33 bits per heavy atom. The lowest BCUT2D eigenvalue weighted by atomic mass is 10.1. The van der Waals surface area contributed by atoms with Crippen molar-refractivity contribution in [1.82, 2.24) is 0 Å². The summed E-state index contributed by atoms with van der Waals surface area (Å²) in [6.07, 6.45) is 2.01. The molecule has 1 N–H and O–H groups in total. The Balaban J connectivity index is 2.85. The summed E-state index contributed by atoms with van der Waals surface area (Å²) in [5.74, 6) is 0. The molecular formula is C10H14OS. The van der Waals surface area contributed by atoms with Crippen LogP contribution >= 0.6 is 11.3 Å². The van der Waals surface area contributed by atoms with E-state index in [4.69, 9.17) is 0 Å². The Morgan fingerprint density at radius 1 is 1.67 bits per heavy atom. The van der Waals surface area contributed by atoms with Crippen LogP contribution in [0.3, 0.4) is 0 Å². The average molecular weight is 182 g/mol. The van der Waals surface area contributed by atoms with Gasteiger partial charge in [-0.05, 0) is 31.9 Å². The second-order valence-corrected chi connectivity index (χ2v) is 4.37. The molecule has 0 spiro atoms. The van der Waals surface area contributed by atoms with Crippen LogP contribution in [0.25, 0.3) is 0 Å². The molecule has 0 saturated carbocycles. The quantitative estimate of drug-likeness (QED) is 0.712. The van der Waals surface area contributed by atoms with E-state index in [9.17, 15) is 5.11 Å². The van der Waals surface area contributed by atoms with E-state index < -0.39 is 0 Å². The van der Waals surface area contributed by atoms with Gasteiger partial charge >= 0.3 is 0 Å². The van der Waals surface area contributed by atoms with Gasteiger partial charge in [0.05, 0.1) is 6.10 Å². The van der Waals surface area contributed by atoms with E-state index in [0.29, 0.717) is 6.42 Å². The Bertz CT molecular complexity index is 275. The molecule has 1 atom stereocenters. The van der Waals surface area contributed by atoms with Gasteiger partial charge in [-0.15, -0.1) is 17.9 Å². The van der Waals surface area contributed by atoms with Crippen LogP contribution in [0, 0.1) is 13.8 Å². The maximum atomic E-state index is 9.65. The Kier molecular flexibility index (Phi) is 3.06. The second-order valence-electron chi connectivity index (χ2n) is 2.91. The minimum absolute atomic E-state index is 0.368. The van der Waals surface area contributed by atoms with E-state index in [2.05, 4.69) is 13.5 Å².